The summed E-state index contributed by atoms with van der Waals surface area (Å²) in [5.74, 6) is 0.702. The Labute approximate surface area is 148 Å². The molecule has 134 valence electrons. The zero-order valence-corrected chi connectivity index (χ0v) is 14.8. The second-order valence-corrected chi connectivity index (χ2v) is 7.61. The molecule has 4 rings (SSSR count). The second kappa shape index (κ2) is 6.45. The highest BCUT2D eigenvalue weighted by Gasteiger charge is 2.53. The van der Waals surface area contributed by atoms with Gasteiger partial charge in [0.15, 0.2) is 0 Å². The van der Waals surface area contributed by atoms with Crippen LogP contribution in [0.15, 0.2) is 30.3 Å². The maximum absolute atomic E-state index is 12.7. The molecule has 3 aliphatic rings. The Morgan fingerprint density at radius 1 is 1.20 bits per heavy atom. The topological polar surface area (TPSA) is 49.9 Å². The van der Waals surface area contributed by atoms with Crippen molar-refractivity contribution in [1.82, 2.24) is 9.80 Å². The van der Waals surface area contributed by atoms with Crippen LogP contribution in [0.3, 0.4) is 0 Å². The molecule has 25 heavy (non-hydrogen) atoms. The predicted octanol–water partition coefficient (Wildman–Crippen LogP) is 2.03. The quantitative estimate of drug-likeness (QED) is 0.826. The van der Waals surface area contributed by atoms with Crippen LogP contribution in [0.2, 0.25) is 0 Å². The molecule has 3 saturated heterocycles. The molecule has 1 spiro atoms. The first-order chi connectivity index (χ1) is 12.1. The molecule has 2 atom stereocenters. The average molecular weight is 342 g/mol. The third-order valence-electron chi connectivity index (χ3n) is 6.49. The summed E-state index contributed by atoms with van der Waals surface area (Å²) in [4.78, 5) is 29.1. The summed E-state index contributed by atoms with van der Waals surface area (Å²) >= 11 is 0. The lowest BCUT2D eigenvalue weighted by Gasteiger charge is -2.47. The number of rotatable bonds is 2. The summed E-state index contributed by atoms with van der Waals surface area (Å²) < 4.78 is 5.37. The maximum Gasteiger partial charge on any atom is 0.228 e. The fraction of sp³-hybridized carbons (Fsp3) is 0.600. The van der Waals surface area contributed by atoms with Gasteiger partial charge in [-0.1, -0.05) is 30.3 Å². The minimum Gasteiger partial charge on any atom is -0.381 e. The first-order valence-corrected chi connectivity index (χ1v) is 9.30. The van der Waals surface area contributed by atoms with Crippen LogP contribution in [0.25, 0.3) is 0 Å². The first-order valence-electron chi connectivity index (χ1n) is 9.30. The number of amides is 2. The van der Waals surface area contributed by atoms with E-state index >= 15 is 0 Å². The molecule has 0 unspecified atom stereocenters. The van der Waals surface area contributed by atoms with E-state index in [-0.39, 0.29) is 29.2 Å². The van der Waals surface area contributed by atoms with Crippen LogP contribution >= 0.6 is 0 Å². The van der Waals surface area contributed by atoms with Gasteiger partial charge in [-0.15, -0.1) is 0 Å². The molecule has 0 bridgehead atoms. The molecule has 0 aliphatic carbocycles. The number of ether oxygens (including phenoxy) is 1. The molecule has 3 heterocycles. The van der Waals surface area contributed by atoms with E-state index in [0.717, 1.165) is 32.4 Å². The van der Waals surface area contributed by atoms with Gasteiger partial charge < -0.3 is 14.5 Å². The van der Waals surface area contributed by atoms with E-state index in [1.54, 1.807) is 0 Å². The van der Waals surface area contributed by atoms with Gasteiger partial charge in [0.2, 0.25) is 11.8 Å². The van der Waals surface area contributed by atoms with Crippen LogP contribution in [-0.2, 0) is 14.3 Å². The Kier molecular flexibility index (Phi) is 4.28. The monoisotopic (exact) mass is 342 g/mol. The van der Waals surface area contributed by atoms with Gasteiger partial charge in [0, 0.05) is 39.1 Å². The largest absolute Gasteiger partial charge is 0.381 e. The molecule has 0 saturated carbocycles. The van der Waals surface area contributed by atoms with Crippen molar-refractivity contribution in [2.75, 3.05) is 33.4 Å². The molecule has 0 radical (unpaired) electrons. The third-order valence-corrected chi connectivity index (χ3v) is 6.49. The zero-order valence-electron chi connectivity index (χ0n) is 14.8. The normalized spacial score (nSPS) is 28.8. The third kappa shape index (κ3) is 2.74. The Balaban J connectivity index is 1.52. The smallest absolute Gasteiger partial charge is 0.228 e. The molecule has 3 fully saturated rings. The van der Waals surface area contributed by atoms with Crippen molar-refractivity contribution >= 4 is 11.8 Å². The van der Waals surface area contributed by atoms with E-state index in [4.69, 9.17) is 4.74 Å². The summed E-state index contributed by atoms with van der Waals surface area (Å²) in [6, 6.07) is 10.4. The minimum atomic E-state index is -0.151. The molecular formula is C20H26N2O3. The Morgan fingerprint density at radius 2 is 1.92 bits per heavy atom. The van der Waals surface area contributed by atoms with E-state index in [2.05, 4.69) is 12.1 Å². The summed E-state index contributed by atoms with van der Waals surface area (Å²) in [6.07, 6.45) is 3.12. The average Bonchev–Trinajstić information content (AvgIpc) is 3.27. The van der Waals surface area contributed by atoms with Crippen LogP contribution in [0.4, 0.5) is 0 Å². The number of likely N-dealkylation sites (N-methyl/N-ethyl adjacent to an activating group) is 1. The van der Waals surface area contributed by atoms with Crippen molar-refractivity contribution < 1.29 is 14.3 Å². The molecule has 5 nitrogen and oxygen atoms in total. The SMILES string of the molecule is CN1C(=O)C[C@H](c2ccccc2)C12CCN(C(=O)[C@@H]1CCOC1)CC2. The Morgan fingerprint density at radius 3 is 2.56 bits per heavy atom. The van der Waals surface area contributed by atoms with Crippen molar-refractivity contribution in [3.05, 3.63) is 35.9 Å². The lowest BCUT2D eigenvalue weighted by atomic mass is 9.73. The highest BCUT2D eigenvalue weighted by Crippen LogP contribution is 2.48. The maximum atomic E-state index is 12.7. The lowest BCUT2D eigenvalue weighted by Crippen LogP contribution is -2.55. The van der Waals surface area contributed by atoms with Crippen molar-refractivity contribution in [2.45, 2.75) is 37.1 Å². The van der Waals surface area contributed by atoms with Crippen LogP contribution in [0.1, 0.15) is 37.2 Å². The van der Waals surface area contributed by atoms with E-state index in [1.165, 1.54) is 5.56 Å². The lowest BCUT2D eigenvalue weighted by molar-refractivity contribution is -0.139. The molecule has 3 aliphatic heterocycles. The zero-order chi connectivity index (χ0) is 17.4. The highest BCUT2D eigenvalue weighted by atomic mass is 16.5. The van der Waals surface area contributed by atoms with Crippen LogP contribution in [0.5, 0.6) is 0 Å². The Bertz CT molecular complexity index is 646. The van der Waals surface area contributed by atoms with Gasteiger partial charge in [-0.3, -0.25) is 9.59 Å². The van der Waals surface area contributed by atoms with E-state index in [1.807, 2.05) is 35.0 Å². The number of piperidine rings is 1. The summed E-state index contributed by atoms with van der Waals surface area (Å²) in [7, 11) is 1.94. The fourth-order valence-corrected chi connectivity index (χ4v) is 4.88. The molecular weight excluding hydrogens is 316 g/mol. The summed E-state index contributed by atoms with van der Waals surface area (Å²) in [6.45, 7) is 2.72. The number of carbonyl (C=O) groups excluding carboxylic acids is 2. The van der Waals surface area contributed by atoms with Crippen molar-refractivity contribution in [2.24, 2.45) is 5.92 Å². The second-order valence-electron chi connectivity index (χ2n) is 7.61. The van der Waals surface area contributed by atoms with Crippen LogP contribution in [-0.4, -0.2) is 60.5 Å². The molecule has 1 aromatic rings. The first kappa shape index (κ1) is 16.6. The van der Waals surface area contributed by atoms with Crippen molar-refractivity contribution in [3.8, 4) is 0 Å². The van der Waals surface area contributed by atoms with E-state index in [9.17, 15) is 9.59 Å². The van der Waals surface area contributed by atoms with Crippen LogP contribution in [0, 0.1) is 5.92 Å². The number of hydrogen-bond donors (Lipinski definition) is 0. The van der Waals surface area contributed by atoms with Gasteiger partial charge in [-0.05, 0) is 24.8 Å². The van der Waals surface area contributed by atoms with Gasteiger partial charge in [0.1, 0.15) is 0 Å². The standard InChI is InChI=1S/C20H26N2O3/c1-21-18(23)13-17(15-5-3-2-4-6-15)20(21)8-10-22(11-9-20)19(24)16-7-12-25-14-16/h2-6,16-17H,7-14H2,1H3/t16-,17-/m1/s1. The van der Waals surface area contributed by atoms with Crippen molar-refractivity contribution in [3.63, 3.8) is 0 Å². The number of hydrogen-bond acceptors (Lipinski definition) is 3. The van der Waals surface area contributed by atoms with Gasteiger partial charge >= 0.3 is 0 Å². The fourth-order valence-electron chi connectivity index (χ4n) is 4.88. The van der Waals surface area contributed by atoms with E-state index in [0.29, 0.717) is 19.6 Å². The molecule has 2 amide bonds. The molecule has 0 aromatic heterocycles. The van der Waals surface area contributed by atoms with E-state index < -0.39 is 0 Å². The van der Waals surface area contributed by atoms with Gasteiger partial charge in [-0.2, -0.15) is 0 Å². The Hall–Kier alpha value is -1.88. The van der Waals surface area contributed by atoms with Gasteiger partial charge in [0.25, 0.3) is 0 Å². The molecule has 5 heteroatoms. The van der Waals surface area contributed by atoms with Gasteiger partial charge in [0.05, 0.1) is 18.1 Å². The predicted molar refractivity (Wildman–Crippen MR) is 94.0 cm³/mol. The van der Waals surface area contributed by atoms with Gasteiger partial charge in [-0.25, -0.2) is 0 Å². The minimum absolute atomic E-state index is 0.0295. The number of nitrogens with zero attached hydrogens (tertiary/aromatic N) is 2. The molecule has 1 aromatic carbocycles. The summed E-state index contributed by atoms with van der Waals surface area (Å²) in [5.41, 5.74) is 1.09. The number of carbonyl (C=O) groups is 2. The molecule has 0 N–H and O–H groups in total. The summed E-state index contributed by atoms with van der Waals surface area (Å²) in [5, 5.41) is 0. The number of benzene rings is 1. The van der Waals surface area contributed by atoms with Crippen LogP contribution < -0.4 is 0 Å². The number of likely N-dealkylation sites (tertiary alicyclic amines) is 2. The highest BCUT2D eigenvalue weighted by molar-refractivity contribution is 5.82. The van der Waals surface area contributed by atoms with Crippen molar-refractivity contribution in [1.29, 1.82) is 0 Å².